The normalized spacial score (nSPS) is 15.5. The van der Waals surface area contributed by atoms with Crippen LogP contribution in [0.1, 0.15) is 39.1 Å². The summed E-state index contributed by atoms with van der Waals surface area (Å²) >= 11 is 0. The second-order valence-electron chi connectivity index (χ2n) is 11.0. The monoisotopic (exact) mass is 615 g/mol. The number of ether oxygens (including phenoxy) is 3. The summed E-state index contributed by atoms with van der Waals surface area (Å²) in [5, 5.41) is 6.23. The smallest absolute Gasteiger partial charge is 0.412 e. The van der Waals surface area contributed by atoms with E-state index in [1.165, 1.54) is 0 Å². The van der Waals surface area contributed by atoms with Crippen LogP contribution in [-0.2, 0) is 11.3 Å². The summed E-state index contributed by atoms with van der Waals surface area (Å²) in [4.78, 5) is 45.7. The number of nitrogens with one attached hydrogen (secondary N) is 2. The third-order valence-electron chi connectivity index (χ3n) is 8.07. The van der Waals surface area contributed by atoms with E-state index in [0.29, 0.717) is 67.6 Å². The van der Waals surface area contributed by atoms with Crippen LogP contribution in [-0.4, -0.2) is 94.3 Å². The lowest BCUT2D eigenvalue weighted by Gasteiger charge is -2.27. The molecule has 0 spiro atoms. The predicted octanol–water partition coefficient (Wildman–Crippen LogP) is 4.24. The summed E-state index contributed by atoms with van der Waals surface area (Å²) in [6.07, 6.45) is 0.995. The zero-order valence-electron chi connectivity index (χ0n) is 25.9. The number of hydrogen-bond donors (Lipinski definition) is 2. The van der Waals surface area contributed by atoms with E-state index in [2.05, 4.69) is 15.5 Å². The van der Waals surface area contributed by atoms with Crippen LogP contribution in [0.4, 0.5) is 16.2 Å². The average Bonchev–Trinajstić information content (AvgIpc) is 3.51. The predicted molar refractivity (Wildman–Crippen MR) is 172 cm³/mol. The molecular formula is C34H41N5O6. The van der Waals surface area contributed by atoms with Gasteiger partial charge in [-0.15, -0.1) is 0 Å². The Hall–Kier alpha value is -4.77. The molecule has 0 bridgehead atoms. The van der Waals surface area contributed by atoms with Crippen molar-refractivity contribution >= 4 is 29.3 Å². The number of benzene rings is 3. The third kappa shape index (κ3) is 8.04. The Morgan fingerprint density at radius 3 is 2.22 bits per heavy atom. The van der Waals surface area contributed by atoms with Crippen molar-refractivity contribution in [2.75, 3.05) is 76.8 Å². The van der Waals surface area contributed by atoms with Crippen LogP contribution >= 0.6 is 0 Å². The largest absolute Gasteiger partial charge is 0.493 e. The molecule has 2 aliphatic rings. The molecule has 11 nitrogen and oxygen atoms in total. The summed E-state index contributed by atoms with van der Waals surface area (Å²) in [5.41, 5.74) is 3.15. The SMILES string of the molecule is COc1ccc(C(=O)N2CCCN(c3ccc(C(=O)N4CCCNCC4)cc3NC(=O)OCc3ccccc3)CC2)cc1OC. The fourth-order valence-corrected chi connectivity index (χ4v) is 5.66. The van der Waals surface area contributed by atoms with Crippen molar-refractivity contribution in [3.8, 4) is 11.5 Å². The number of carbonyl (C=O) groups excluding carboxylic acids is 3. The molecule has 0 aromatic heterocycles. The zero-order valence-corrected chi connectivity index (χ0v) is 25.9. The summed E-state index contributed by atoms with van der Waals surface area (Å²) < 4.78 is 16.2. The van der Waals surface area contributed by atoms with Gasteiger partial charge in [0.05, 0.1) is 25.6 Å². The van der Waals surface area contributed by atoms with Crippen LogP contribution < -0.4 is 25.0 Å². The molecule has 3 amide bonds. The molecule has 238 valence electrons. The number of carbonyl (C=O) groups is 3. The van der Waals surface area contributed by atoms with Crippen LogP contribution in [0, 0.1) is 0 Å². The molecule has 2 aliphatic heterocycles. The van der Waals surface area contributed by atoms with Gasteiger partial charge in [0, 0.05) is 56.9 Å². The van der Waals surface area contributed by atoms with Gasteiger partial charge >= 0.3 is 6.09 Å². The highest BCUT2D eigenvalue weighted by Gasteiger charge is 2.25. The fraction of sp³-hybridized carbons (Fsp3) is 0.382. The van der Waals surface area contributed by atoms with Crippen molar-refractivity contribution in [2.45, 2.75) is 19.4 Å². The van der Waals surface area contributed by atoms with Gasteiger partial charge < -0.3 is 34.2 Å². The van der Waals surface area contributed by atoms with Gasteiger partial charge in [-0.05, 0) is 61.3 Å². The Morgan fingerprint density at radius 1 is 0.733 bits per heavy atom. The molecule has 0 saturated carbocycles. The fourth-order valence-electron chi connectivity index (χ4n) is 5.66. The highest BCUT2D eigenvalue weighted by atomic mass is 16.5. The van der Waals surface area contributed by atoms with E-state index in [1.807, 2.05) is 52.3 Å². The van der Waals surface area contributed by atoms with Crippen molar-refractivity contribution in [1.82, 2.24) is 15.1 Å². The third-order valence-corrected chi connectivity index (χ3v) is 8.07. The summed E-state index contributed by atoms with van der Waals surface area (Å²) in [7, 11) is 3.10. The van der Waals surface area contributed by atoms with E-state index in [1.54, 1.807) is 38.5 Å². The molecule has 2 fully saturated rings. The molecule has 0 unspecified atom stereocenters. The Labute approximate surface area is 264 Å². The van der Waals surface area contributed by atoms with Crippen LogP contribution in [0.5, 0.6) is 11.5 Å². The van der Waals surface area contributed by atoms with Gasteiger partial charge in [0.2, 0.25) is 0 Å². The Morgan fingerprint density at radius 2 is 1.44 bits per heavy atom. The second-order valence-corrected chi connectivity index (χ2v) is 11.0. The number of anilines is 2. The quantitative estimate of drug-likeness (QED) is 0.387. The van der Waals surface area contributed by atoms with Crippen LogP contribution in [0.15, 0.2) is 66.7 Å². The van der Waals surface area contributed by atoms with Crippen LogP contribution in [0.25, 0.3) is 0 Å². The molecule has 5 rings (SSSR count). The van der Waals surface area contributed by atoms with Gasteiger partial charge in [-0.1, -0.05) is 30.3 Å². The highest BCUT2D eigenvalue weighted by molar-refractivity contribution is 5.99. The van der Waals surface area contributed by atoms with Crippen molar-refractivity contribution in [1.29, 1.82) is 0 Å². The number of rotatable bonds is 8. The lowest BCUT2D eigenvalue weighted by molar-refractivity contribution is 0.0759. The summed E-state index contributed by atoms with van der Waals surface area (Å²) in [6.45, 7) is 5.29. The van der Waals surface area contributed by atoms with Gasteiger partial charge in [0.15, 0.2) is 11.5 Å². The van der Waals surface area contributed by atoms with Crippen LogP contribution in [0.3, 0.4) is 0 Å². The van der Waals surface area contributed by atoms with E-state index in [0.717, 1.165) is 37.2 Å². The Kier molecular flexibility index (Phi) is 10.8. The minimum absolute atomic E-state index is 0.0755. The molecule has 2 saturated heterocycles. The van der Waals surface area contributed by atoms with E-state index >= 15 is 0 Å². The van der Waals surface area contributed by atoms with E-state index in [-0.39, 0.29) is 18.4 Å². The Balaban J connectivity index is 1.34. The molecule has 45 heavy (non-hydrogen) atoms. The van der Waals surface area contributed by atoms with Gasteiger partial charge in [0.1, 0.15) is 6.61 Å². The van der Waals surface area contributed by atoms with Crippen LogP contribution in [0.2, 0.25) is 0 Å². The van der Waals surface area contributed by atoms with Crippen molar-refractivity contribution in [2.24, 2.45) is 0 Å². The van der Waals surface area contributed by atoms with E-state index < -0.39 is 6.09 Å². The number of amides is 3. The first kappa shape index (κ1) is 31.6. The molecule has 2 N–H and O–H groups in total. The van der Waals surface area contributed by atoms with Gasteiger partial charge in [0.25, 0.3) is 11.8 Å². The first-order valence-electron chi connectivity index (χ1n) is 15.3. The van der Waals surface area contributed by atoms with E-state index in [4.69, 9.17) is 14.2 Å². The lowest BCUT2D eigenvalue weighted by atomic mass is 10.1. The van der Waals surface area contributed by atoms with Crippen molar-refractivity contribution in [3.63, 3.8) is 0 Å². The minimum atomic E-state index is -0.608. The van der Waals surface area contributed by atoms with Gasteiger partial charge in [-0.3, -0.25) is 14.9 Å². The lowest BCUT2D eigenvalue weighted by Crippen LogP contribution is -2.35. The molecule has 2 heterocycles. The van der Waals surface area contributed by atoms with Gasteiger partial charge in [-0.25, -0.2) is 4.79 Å². The molecule has 0 radical (unpaired) electrons. The van der Waals surface area contributed by atoms with Crippen molar-refractivity contribution < 1.29 is 28.6 Å². The standard InChI is InChI=1S/C34H41N5O6/c1-43-30-13-11-27(23-31(30)44-2)33(41)39-18-7-17-37(20-21-39)29-12-10-26(32(40)38-16-6-14-35-15-19-38)22-28(29)36-34(42)45-24-25-8-4-3-5-9-25/h3-5,8-13,22-23,35H,6-7,14-21,24H2,1-2H3,(H,36,42). The second kappa shape index (κ2) is 15.3. The molecule has 0 atom stereocenters. The zero-order chi connectivity index (χ0) is 31.6. The highest BCUT2D eigenvalue weighted by Crippen LogP contribution is 2.31. The summed E-state index contributed by atoms with van der Waals surface area (Å²) in [6, 6.07) is 20.1. The molecule has 3 aromatic carbocycles. The maximum Gasteiger partial charge on any atom is 0.412 e. The number of methoxy groups -OCH3 is 2. The minimum Gasteiger partial charge on any atom is -0.493 e. The maximum absolute atomic E-state index is 13.5. The maximum atomic E-state index is 13.5. The molecule has 3 aromatic rings. The van der Waals surface area contributed by atoms with Crippen molar-refractivity contribution in [3.05, 3.63) is 83.4 Å². The molecular weight excluding hydrogens is 574 g/mol. The summed E-state index contributed by atoms with van der Waals surface area (Å²) in [5.74, 6) is 0.899. The average molecular weight is 616 g/mol. The Bertz CT molecular complexity index is 1480. The number of hydrogen-bond acceptors (Lipinski definition) is 8. The molecule has 11 heteroatoms. The topological polar surface area (TPSA) is 113 Å². The molecule has 0 aliphatic carbocycles. The first-order valence-corrected chi connectivity index (χ1v) is 15.3. The number of nitrogens with zero attached hydrogens (tertiary/aromatic N) is 3. The van der Waals surface area contributed by atoms with E-state index in [9.17, 15) is 14.4 Å². The first-order chi connectivity index (χ1) is 22.0. The van der Waals surface area contributed by atoms with Gasteiger partial charge in [-0.2, -0.15) is 0 Å².